The van der Waals surface area contributed by atoms with Gasteiger partial charge in [-0.1, -0.05) is 60.7 Å². The van der Waals surface area contributed by atoms with E-state index in [1.165, 1.54) is 11.3 Å². The maximum absolute atomic E-state index is 12.5. The molecule has 0 aliphatic rings. The molecule has 1 N–H and O–H groups in total. The Balaban J connectivity index is 1.85. The fraction of sp³-hybridized carbons (Fsp3) is 0.158. The van der Waals surface area contributed by atoms with Crippen LogP contribution in [0.4, 0.5) is 0 Å². The van der Waals surface area contributed by atoms with Gasteiger partial charge in [-0.05, 0) is 30.2 Å². The van der Waals surface area contributed by atoms with Crippen molar-refractivity contribution in [1.82, 2.24) is 4.72 Å². The van der Waals surface area contributed by atoms with Crippen molar-refractivity contribution in [3.8, 4) is 0 Å². The van der Waals surface area contributed by atoms with Crippen molar-refractivity contribution in [1.29, 1.82) is 0 Å². The zero-order chi connectivity index (χ0) is 17.0. The molecule has 0 spiro atoms. The van der Waals surface area contributed by atoms with Gasteiger partial charge in [0, 0.05) is 17.3 Å². The molecule has 0 atom stereocenters. The van der Waals surface area contributed by atoms with Gasteiger partial charge in [-0.3, -0.25) is 0 Å². The summed E-state index contributed by atoms with van der Waals surface area (Å²) >= 11 is 1.29. The first kappa shape index (κ1) is 16.9. The highest BCUT2D eigenvalue weighted by Crippen LogP contribution is 2.25. The van der Waals surface area contributed by atoms with Crippen LogP contribution in [0.15, 0.2) is 77.0 Å². The first-order chi connectivity index (χ1) is 11.6. The quantitative estimate of drug-likeness (QED) is 0.720. The highest BCUT2D eigenvalue weighted by Gasteiger charge is 2.20. The molecule has 0 radical (unpaired) electrons. The van der Waals surface area contributed by atoms with Gasteiger partial charge in [0.1, 0.15) is 4.21 Å². The highest BCUT2D eigenvalue weighted by atomic mass is 32.2. The third-order valence-electron chi connectivity index (χ3n) is 3.86. The summed E-state index contributed by atoms with van der Waals surface area (Å²) in [5, 5.41) is 0. The monoisotopic (exact) mass is 357 g/mol. The smallest absolute Gasteiger partial charge is 0.210 e. The van der Waals surface area contributed by atoms with E-state index < -0.39 is 10.0 Å². The zero-order valence-electron chi connectivity index (χ0n) is 13.3. The molecule has 124 valence electrons. The van der Waals surface area contributed by atoms with Crippen molar-refractivity contribution < 1.29 is 8.42 Å². The predicted octanol–water partition coefficient (Wildman–Crippen LogP) is 4.17. The van der Waals surface area contributed by atoms with Gasteiger partial charge in [-0.15, -0.1) is 11.3 Å². The van der Waals surface area contributed by atoms with E-state index in [1.54, 1.807) is 6.07 Å². The minimum Gasteiger partial charge on any atom is -0.210 e. The molecule has 0 aliphatic carbocycles. The molecule has 0 saturated carbocycles. The van der Waals surface area contributed by atoms with Crippen LogP contribution < -0.4 is 4.72 Å². The Morgan fingerprint density at radius 3 is 1.88 bits per heavy atom. The second-order valence-electron chi connectivity index (χ2n) is 5.59. The molecule has 3 rings (SSSR count). The minimum absolute atomic E-state index is 0.0248. The highest BCUT2D eigenvalue weighted by molar-refractivity contribution is 7.91. The number of aryl methyl sites for hydroxylation is 1. The van der Waals surface area contributed by atoms with Gasteiger partial charge in [-0.2, -0.15) is 0 Å². The molecule has 0 unspecified atom stereocenters. The van der Waals surface area contributed by atoms with E-state index in [2.05, 4.69) is 4.72 Å². The minimum atomic E-state index is -3.48. The van der Waals surface area contributed by atoms with Crippen molar-refractivity contribution in [2.45, 2.75) is 17.1 Å². The molecule has 0 fully saturated rings. The number of hydrogen-bond acceptors (Lipinski definition) is 3. The molecule has 3 aromatic rings. The summed E-state index contributed by atoms with van der Waals surface area (Å²) < 4.78 is 28.2. The number of thiophene rings is 1. The van der Waals surface area contributed by atoms with Crippen molar-refractivity contribution in [3.05, 3.63) is 88.8 Å². The van der Waals surface area contributed by atoms with Gasteiger partial charge < -0.3 is 0 Å². The number of benzene rings is 2. The fourth-order valence-corrected chi connectivity index (χ4v) is 4.99. The maximum atomic E-state index is 12.5. The van der Waals surface area contributed by atoms with E-state index in [1.807, 2.05) is 73.7 Å². The normalized spacial score (nSPS) is 11.8. The van der Waals surface area contributed by atoms with Crippen molar-refractivity contribution in [3.63, 3.8) is 0 Å². The van der Waals surface area contributed by atoms with Crippen molar-refractivity contribution in [2.75, 3.05) is 6.54 Å². The number of nitrogens with one attached hydrogen (secondary N) is 1. The Hall–Kier alpha value is -1.95. The summed E-state index contributed by atoms with van der Waals surface area (Å²) in [6.07, 6.45) is 0. The van der Waals surface area contributed by atoms with Crippen LogP contribution in [0.3, 0.4) is 0 Å². The summed E-state index contributed by atoms with van der Waals surface area (Å²) in [4.78, 5) is 0.984. The van der Waals surface area contributed by atoms with Crippen LogP contribution in [0.1, 0.15) is 21.9 Å². The molecule has 5 heteroatoms. The lowest BCUT2D eigenvalue weighted by atomic mass is 9.92. The van der Waals surface area contributed by atoms with Crippen molar-refractivity contribution >= 4 is 21.4 Å². The van der Waals surface area contributed by atoms with Gasteiger partial charge >= 0.3 is 0 Å². The van der Waals surface area contributed by atoms with Gasteiger partial charge in [0.2, 0.25) is 10.0 Å². The Morgan fingerprint density at radius 1 is 0.875 bits per heavy atom. The SMILES string of the molecule is Cc1ccc(S(=O)(=O)NCC(c2ccccc2)c2ccccc2)s1. The second kappa shape index (κ2) is 7.30. The molecule has 1 heterocycles. The van der Waals surface area contributed by atoms with Gasteiger partial charge in [0.15, 0.2) is 0 Å². The first-order valence-corrected chi connectivity index (χ1v) is 10.0. The van der Waals surface area contributed by atoms with Crippen LogP contribution in [0.25, 0.3) is 0 Å². The Bertz CT molecular complexity index is 848. The lowest BCUT2D eigenvalue weighted by Crippen LogP contribution is -2.28. The first-order valence-electron chi connectivity index (χ1n) is 7.72. The van der Waals surface area contributed by atoms with E-state index in [4.69, 9.17) is 0 Å². The average molecular weight is 358 g/mol. The zero-order valence-corrected chi connectivity index (χ0v) is 15.0. The molecule has 0 amide bonds. The summed E-state index contributed by atoms with van der Waals surface area (Å²) in [7, 11) is -3.48. The van der Waals surface area contributed by atoms with Crippen LogP contribution in [0.5, 0.6) is 0 Å². The molecule has 3 nitrogen and oxygen atoms in total. The molecule has 2 aromatic carbocycles. The lowest BCUT2D eigenvalue weighted by molar-refractivity contribution is 0.579. The van der Waals surface area contributed by atoms with E-state index in [0.717, 1.165) is 16.0 Å². The van der Waals surface area contributed by atoms with E-state index >= 15 is 0 Å². The van der Waals surface area contributed by atoms with E-state index in [9.17, 15) is 8.42 Å². The predicted molar refractivity (Wildman–Crippen MR) is 99.0 cm³/mol. The molecule has 0 saturated heterocycles. The molecular weight excluding hydrogens is 338 g/mol. The van der Waals surface area contributed by atoms with Crippen LogP contribution in [0.2, 0.25) is 0 Å². The van der Waals surface area contributed by atoms with Gasteiger partial charge in [0.05, 0.1) is 0 Å². The number of hydrogen-bond donors (Lipinski definition) is 1. The summed E-state index contributed by atoms with van der Waals surface area (Å²) in [5.41, 5.74) is 2.18. The fourth-order valence-electron chi connectivity index (χ4n) is 2.62. The van der Waals surface area contributed by atoms with Crippen LogP contribution in [-0.2, 0) is 10.0 Å². The standard InChI is InChI=1S/C19H19NO2S2/c1-15-12-13-19(23-15)24(21,22)20-14-18(16-8-4-2-5-9-16)17-10-6-3-7-11-17/h2-13,18,20H,14H2,1H3. The number of rotatable bonds is 6. The topological polar surface area (TPSA) is 46.2 Å². The molecule has 0 bridgehead atoms. The third-order valence-corrected chi connectivity index (χ3v) is 6.78. The number of sulfonamides is 1. The van der Waals surface area contributed by atoms with E-state index in [-0.39, 0.29) is 5.92 Å². The largest absolute Gasteiger partial charge is 0.250 e. The lowest BCUT2D eigenvalue weighted by Gasteiger charge is -2.18. The summed E-state index contributed by atoms with van der Waals surface area (Å²) in [5.74, 6) is -0.0248. The summed E-state index contributed by atoms with van der Waals surface area (Å²) in [6.45, 7) is 2.23. The Morgan fingerprint density at radius 2 is 1.42 bits per heavy atom. The van der Waals surface area contributed by atoms with Crippen molar-refractivity contribution in [2.24, 2.45) is 0 Å². The molecule has 1 aromatic heterocycles. The average Bonchev–Trinajstić information content (AvgIpc) is 3.04. The van der Waals surface area contributed by atoms with Crippen LogP contribution >= 0.6 is 11.3 Å². The summed E-state index contributed by atoms with van der Waals surface area (Å²) in [6, 6.07) is 23.4. The van der Waals surface area contributed by atoms with Gasteiger partial charge in [0.25, 0.3) is 0 Å². The van der Waals surface area contributed by atoms with Crippen LogP contribution in [0, 0.1) is 6.92 Å². The molecular formula is C19H19NO2S2. The molecule has 0 aliphatic heterocycles. The Labute approximate surface area is 147 Å². The maximum Gasteiger partial charge on any atom is 0.250 e. The third kappa shape index (κ3) is 3.93. The van der Waals surface area contributed by atoms with Gasteiger partial charge in [-0.25, -0.2) is 13.1 Å². The Kier molecular flexibility index (Phi) is 5.14. The van der Waals surface area contributed by atoms with E-state index in [0.29, 0.717) is 10.8 Å². The second-order valence-corrected chi connectivity index (χ2v) is 8.87. The van der Waals surface area contributed by atoms with Crippen LogP contribution in [-0.4, -0.2) is 15.0 Å². The molecule has 24 heavy (non-hydrogen) atoms.